The number of benzene rings is 2. The third-order valence-corrected chi connectivity index (χ3v) is 4.64. The van der Waals surface area contributed by atoms with E-state index in [-0.39, 0.29) is 15.6 Å². The number of alkyl halides is 7. The van der Waals surface area contributed by atoms with Crippen molar-refractivity contribution in [1.29, 1.82) is 10.5 Å². The summed E-state index contributed by atoms with van der Waals surface area (Å²) < 4.78 is 93.8. The number of hydrogen-bond acceptors (Lipinski definition) is 2. The summed E-state index contributed by atoms with van der Waals surface area (Å²) in [7, 11) is 0. The molecule has 0 aliphatic carbocycles. The van der Waals surface area contributed by atoms with E-state index < -0.39 is 39.2 Å². The quantitative estimate of drug-likeness (QED) is 0.407. The Hall–Kier alpha value is -2.11. The zero-order chi connectivity index (χ0) is 21.5. The fourth-order valence-electron chi connectivity index (χ4n) is 2.44. The fraction of sp³-hybridized carbons (Fsp3) is 0.176. The Morgan fingerprint density at radius 1 is 0.786 bits per heavy atom. The van der Waals surface area contributed by atoms with E-state index in [0.717, 1.165) is 18.2 Å². The predicted octanol–water partition coefficient (Wildman–Crippen LogP) is 6.71. The zero-order valence-corrected chi connectivity index (χ0v) is 16.3. The molecule has 0 aromatic heterocycles. The van der Waals surface area contributed by atoms with Crippen LogP contribution in [0.2, 0.25) is 0 Å². The smallest absolute Gasteiger partial charge is 0.218 e. The van der Waals surface area contributed by atoms with Crippen molar-refractivity contribution >= 4 is 31.9 Å². The first kappa shape index (κ1) is 22.2. The highest BCUT2D eigenvalue weighted by Crippen LogP contribution is 2.56. The average molecular weight is 529 g/mol. The van der Waals surface area contributed by atoms with Gasteiger partial charge in [0.15, 0.2) is 0 Å². The van der Waals surface area contributed by atoms with Gasteiger partial charge in [-0.25, -0.2) is 4.39 Å². The maximum absolute atomic E-state index is 14.8. The SMILES string of the molecule is N#Cc1cc(C#N)cc(-c2c(Br)[c]c(Br)cc2C(F)(C(F)(F)F)C(F)(F)F)c1. The lowest BCUT2D eigenvalue weighted by Crippen LogP contribution is -2.50. The van der Waals surface area contributed by atoms with Gasteiger partial charge in [0.2, 0.25) is 0 Å². The van der Waals surface area contributed by atoms with Crippen LogP contribution >= 0.6 is 31.9 Å². The van der Waals surface area contributed by atoms with Gasteiger partial charge < -0.3 is 0 Å². The Labute approximate surface area is 170 Å². The molecule has 0 bridgehead atoms. The summed E-state index contributed by atoms with van der Waals surface area (Å²) >= 11 is 5.51. The topological polar surface area (TPSA) is 47.6 Å². The highest BCUT2D eigenvalue weighted by molar-refractivity contribution is 9.11. The summed E-state index contributed by atoms with van der Waals surface area (Å²) in [6.45, 7) is 0. The Balaban J connectivity index is 3.02. The van der Waals surface area contributed by atoms with Crippen LogP contribution in [-0.2, 0) is 5.67 Å². The largest absolute Gasteiger partial charge is 0.435 e. The molecule has 0 spiro atoms. The van der Waals surface area contributed by atoms with Gasteiger partial charge in [-0.2, -0.15) is 36.9 Å². The van der Waals surface area contributed by atoms with Crippen LogP contribution in [0.4, 0.5) is 30.7 Å². The standard InChI is InChI=1S/C17H4Br2F7N2/c18-11-4-12(15(20,16(21,22)23)17(24,25)26)14(13(19)5-11)10-2-8(6-27)1-9(3-10)7-28/h1-4H. The number of nitriles is 2. The van der Waals surface area contributed by atoms with Crippen molar-refractivity contribution in [2.45, 2.75) is 18.0 Å². The molecule has 0 aliphatic rings. The van der Waals surface area contributed by atoms with Gasteiger partial charge in [0.1, 0.15) is 0 Å². The van der Waals surface area contributed by atoms with Crippen LogP contribution in [0, 0.1) is 28.7 Å². The second-order valence-corrected chi connectivity index (χ2v) is 7.04. The minimum Gasteiger partial charge on any atom is -0.218 e. The number of hydrogen-bond donors (Lipinski definition) is 0. The highest BCUT2D eigenvalue weighted by atomic mass is 79.9. The lowest BCUT2D eigenvalue weighted by atomic mass is 9.86. The maximum Gasteiger partial charge on any atom is 0.435 e. The van der Waals surface area contributed by atoms with E-state index in [1.807, 2.05) is 0 Å². The molecule has 2 rings (SSSR count). The molecule has 11 heteroatoms. The Kier molecular flexibility index (Phi) is 5.84. The van der Waals surface area contributed by atoms with Gasteiger partial charge in [-0.3, -0.25) is 0 Å². The zero-order valence-electron chi connectivity index (χ0n) is 13.1. The first-order valence-corrected chi connectivity index (χ1v) is 8.54. The van der Waals surface area contributed by atoms with Crippen LogP contribution in [0.15, 0.2) is 33.2 Å². The molecular formula is C17H4Br2F7N2. The summed E-state index contributed by atoms with van der Waals surface area (Å²) in [6, 6.07) is 8.95. The number of rotatable bonds is 2. The molecule has 28 heavy (non-hydrogen) atoms. The van der Waals surface area contributed by atoms with E-state index in [4.69, 9.17) is 10.5 Å². The van der Waals surface area contributed by atoms with Crippen LogP contribution in [0.1, 0.15) is 16.7 Å². The molecule has 0 amide bonds. The Bertz CT molecular complexity index is 968. The molecule has 145 valence electrons. The van der Waals surface area contributed by atoms with Gasteiger partial charge in [-0.1, -0.05) is 15.9 Å². The first-order valence-electron chi connectivity index (χ1n) is 6.96. The molecule has 0 fully saturated rings. The van der Waals surface area contributed by atoms with Crippen LogP contribution < -0.4 is 0 Å². The molecule has 2 aromatic rings. The Morgan fingerprint density at radius 2 is 1.25 bits per heavy atom. The minimum atomic E-state index is -6.34. The summed E-state index contributed by atoms with van der Waals surface area (Å²) in [5.41, 5.74) is -9.13. The molecule has 1 radical (unpaired) electrons. The third-order valence-electron chi connectivity index (χ3n) is 3.62. The molecule has 0 unspecified atom stereocenters. The van der Waals surface area contributed by atoms with E-state index in [2.05, 4.69) is 37.9 Å². The summed E-state index contributed by atoms with van der Waals surface area (Å²) in [4.78, 5) is 0. The normalized spacial score (nSPS) is 12.4. The van der Waals surface area contributed by atoms with Gasteiger partial charge >= 0.3 is 18.0 Å². The van der Waals surface area contributed by atoms with Crippen molar-refractivity contribution in [3.05, 3.63) is 56.0 Å². The van der Waals surface area contributed by atoms with Crippen LogP contribution in [-0.4, -0.2) is 12.4 Å². The van der Waals surface area contributed by atoms with Gasteiger partial charge in [-0.05, 0) is 45.8 Å². The maximum atomic E-state index is 14.8. The van der Waals surface area contributed by atoms with Gasteiger partial charge in [0, 0.05) is 26.1 Å². The molecule has 0 saturated carbocycles. The van der Waals surface area contributed by atoms with Crippen molar-refractivity contribution in [2.75, 3.05) is 0 Å². The molecule has 0 saturated heterocycles. The fourth-order valence-corrected chi connectivity index (χ4v) is 3.79. The second kappa shape index (κ2) is 7.37. The monoisotopic (exact) mass is 527 g/mol. The highest BCUT2D eigenvalue weighted by Gasteiger charge is 2.74. The van der Waals surface area contributed by atoms with E-state index in [9.17, 15) is 30.7 Å². The number of halogens is 9. The molecular weight excluding hydrogens is 525 g/mol. The number of nitrogens with zero attached hydrogens (tertiary/aromatic N) is 2. The van der Waals surface area contributed by atoms with Gasteiger partial charge in [0.25, 0.3) is 0 Å². The van der Waals surface area contributed by atoms with E-state index in [1.165, 1.54) is 0 Å². The Morgan fingerprint density at radius 3 is 1.64 bits per heavy atom. The van der Waals surface area contributed by atoms with E-state index in [1.54, 1.807) is 12.1 Å². The average Bonchev–Trinajstić information content (AvgIpc) is 2.57. The molecule has 2 aromatic carbocycles. The molecule has 2 nitrogen and oxygen atoms in total. The summed E-state index contributed by atoms with van der Waals surface area (Å²) in [6.07, 6.45) is -12.7. The molecule has 0 atom stereocenters. The van der Waals surface area contributed by atoms with Gasteiger partial charge in [0.05, 0.1) is 23.3 Å². The van der Waals surface area contributed by atoms with Crippen LogP contribution in [0.3, 0.4) is 0 Å². The first-order chi connectivity index (χ1) is 12.8. The lowest BCUT2D eigenvalue weighted by molar-refractivity contribution is -0.348. The molecule has 0 heterocycles. The second-order valence-electron chi connectivity index (χ2n) is 5.40. The van der Waals surface area contributed by atoms with E-state index >= 15 is 0 Å². The van der Waals surface area contributed by atoms with Crippen LogP contribution in [0.25, 0.3) is 11.1 Å². The molecule has 0 aliphatic heterocycles. The predicted molar refractivity (Wildman–Crippen MR) is 90.4 cm³/mol. The third kappa shape index (κ3) is 3.74. The van der Waals surface area contributed by atoms with Crippen molar-refractivity contribution in [2.24, 2.45) is 0 Å². The van der Waals surface area contributed by atoms with Crippen molar-refractivity contribution in [1.82, 2.24) is 0 Å². The van der Waals surface area contributed by atoms with E-state index in [0.29, 0.717) is 6.07 Å². The minimum absolute atomic E-state index is 0.210. The lowest BCUT2D eigenvalue weighted by Gasteiger charge is -2.32. The van der Waals surface area contributed by atoms with Gasteiger partial charge in [-0.15, -0.1) is 0 Å². The summed E-state index contributed by atoms with van der Waals surface area (Å²) in [5, 5.41) is 18.0. The van der Waals surface area contributed by atoms with Crippen molar-refractivity contribution < 1.29 is 30.7 Å². The summed E-state index contributed by atoms with van der Waals surface area (Å²) in [5.74, 6) is 0. The van der Waals surface area contributed by atoms with Crippen molar-refractivity contribution in [3.63, 3.8) is 0 Å². The molecule has 0 N–H and O–H groups in total. The van der Waals surface area contributed by atoms with Crippen LogP contribution in [0.5, 0.6) is 0 Å². The van der Waals surface area contributed by atoms with Crippen molar-refractivity contribution in [3.8, 4) is 23.3 Å².